The second kappa shape index (κ2) is 7.28. The lowest BCUT2D eigenvalue weighted by molar-refractivity contribution is -0.134. The van der Waals surface area contributed by atoms with Gasteiger partial charge in [-0.25, -0.2) is 0 Å². The molecule has 4 rings (SSSR count). The van der Waals surface area contributed by atoms with E-state index in [1.54, 1.807) is 0 Å². The molecule has 0 spiro atoms. The summed E-state index contributed by atoms with van der Waals surface area (Å²) in [6.45, 7) is 6.20. The number of carbonyl (C=O) groups is 1. The number of hydrogen-bond acceptors (Lipinski definition) is 3. The maximum atomic E-state index is 13.1. The fourth-order valence-electron chi connectivity index (χ4n) is 4.92. The molecule has 0 bridgehead atoms. The molecule has 25 heavy (non-hydrogen) atoms. The Morgan fingerprint density at radius 3 is 3.04 bits per heavy atom. The van der Waals surface area contributed by atoms with Crippen LogP contribution in [-0.2, 0) is 17.6 Å². The zero-order valence-electron chi connectivity index (χ0n) is 15.4. The van der Waals surface area contributed by atoms with Crippen LogP contribution in [0.15, 0.2) is 6.20 Å². The molecule has 0 radical (unpaired) electrons. The SMILES string of the molecule is CC(C)n1cc2c(n1)CC(NC(=O)[C@@]13CCCC[C@H]1CNC3)CC2.Cl. The molecule has 2 heterocycles. The molecular formula is C19H31ClN4O. The molecular weight excluding hydrogens is 336 g/mol. The zero-order valence-corrected chi connectivity index (χ0v) is 16.2. The lowest BCUT2D eigenvalue weighted by Crippen LogP contribution is -2.51. The smallest absolute Gasteiger partial charge is 0.228 e. The van der Waals surface area contributed by atoms with E-state index in [0.29, 0.717) is 17.9 Å². The van der Waals surface area contributed by atoms with Crippen LogP contribution >= 0.6 is 12.4 Å². The Balaban J connectivity index is 0.00000182. The van der Waals surface area contributed by atoms with Crippen LogP contribution in [0.4, 0.5) is 0 Å². The molecule has 6 heteroatoms. The van der Waals surface area contributed by atoms with E-state index in [-0.39, 0.29) is 23.9 Å². The van der Waals surface area contributed by atoms with Gasteiger partial charge in [0.05, 0.1) is 11.1 Å². The molecule has 2 aliphatic carbocycles. The third kappa shape index (κ3) is 3.33. The van der Waals surface area contributed by atoms with Gasteiger partial charge in [-0.3, -0.25) is 9.48 Å². The predicted octanol–water partition coefficient (Wildman–Crippen LogP) is 2.64. The highest BCUT2D eigenvalue weighted by molar-refractivity contribution is 5.85. The quantitative estimate of drug-likeness (QED) is 0.864. The van der Waals surface area contributed by atoms with Gasteiger partial charge >= 0.3 is 0 Å². The summed E-state index contributed by atoms with van der Waals surface area (Å²) in [5.74, 6) is 0.833. The Labute approximate surface area is 156 Å². The van der Waals surface area contributed by atoms with E-state index >= 15 is 0 Å². The number of rotatable bonds is 3. The van der Waals surface area contributed by atoms with Gasteiger partial charge in [-0.15, -0.1) is 12.4 Å². The number of hydrogen-bond donors (Lipinski definition) is 2. The molecule has 1 aromatic rings. The summed E-state index contributed by atoms with van der Waals surface area (Å²) in [5.41, 5.74) is 2.41. The molecule has 1 amide bonds. The normalized spacial score (nSPS) is 31.2. The number of halogens is 1. The van der Waals surface area contributed by atoms with Crippen molar-refractivity contribution >= 4 is 18.3 Å². The lowest BCUT2D eigenvalue weighted by atomic mass is 9.67. The Morgan fingerprint density at radius 1 is 1.40 bits per heavy atom. The van der Waals surface area contributed by atoms with Crippen LogP contribution in [0.2, 0.25) is 0 Å². The monoisotopic (exact) mass is 366 g/mol. The molecule has 1 aromatic heterocycles. The highest BCUT2D eigenvalue weighted by Crippen LogP contribution is 2.44. The molecule has 5 nitrogen and oxygen atoms in total. The van der Waals surface area contributed by atoms with E-state index in [4.69, 9.17) is 5.10 Å². The summed E-state index contributed by atoms with van der Waals surface area (Å²) in [6.07, 6.45) is 9.87. The second-order valence-electron chi connectivity index (χ2n) is 8.32. The van der Waals surface area contributed by atoms with E-state index < -0.39 is 0 Å². The second-order valence-corrected chi connectivity index (χ2v) is 8.32. The van der Waals surface area contributed by atoms with Crippen LogP contribution in [-0.4, -0.2) is 34.8 Å². The van der Waals surface area contributed by atoms with Crippen molar-refractivity contribution < 1.29 is 4.79 Å². The highest BCUT2D eigenvalue weighted by atomic mass is 35.5. The van der Waals surface area contributed by atoms with Crippen molar-refractivity contribution in [2.24, 2.45) is 11.3 Å². The zero-order chi connectivity index (χ0) is 16.7. The average molecular weight is 367 g/mol. The molecule has 0 aromatic carbocycles. The minimum absolute atomic E-state index is 0. The van der Waals surface area contributed by atoms with Crippen molar-refractivity contribution in [3.8, 4) is 0 Å². The van der Waals surface area contributed by atoms with Crippen LogP contribution < -0.4 is 10.6 Å². The van der Waals surface area contributed by atoms with Crippen molar-refractivity contribution in [1.29, 1.82) is 0 Å². The van der Waals surface area contributed by atoms with Gasteiger partial charge in [0.1, 0.15) is 0 Å². The lowest BCUT2D eigenvalue weighted by Gasteiger charge is -2.38. The summed E-state index contributed by atoms with van der Waals surface area (Å²) in [4.78, 5) is 13.1. The molecule has 140 valence electrons. The predicted molar refractivity (Wildman–Crippen MR) is 101 cm³/mol. The third-order valence-electron chi connectivity index (χ3n) is 6.45. The van der Waals surface area contributed by atoms with Crippen molar-refractivity contribution in [2.75, 3.05) is 13.1 Å². The van der Waals surface area contributed by atoms with E-state index in [0.717, 1.165) is 38.8 Å². The van der Waals surface area contributed by atoms with E-state index in [9.17, 15) is 4.79 Å². The van der Waals surface area contributed by atoms with Crippen LogP contribution in [0, 0.1) is 11.3 Å². The van der Waals surface area contributed by atoms with Gasteiger partial charge in [-0.05, 0) is 57.6 Å². The molecule has 1 unspecified atom stereocenters. The molecule has 3 aliphatic rings. The summed E-state index contributed by atoms with van der Waals surface area (Å²) in [6, 6.07) is 0.646. The Morgan fingerprint density at radius 2 is 2.24 bits per heavy atom. The minimum atomic E-state index is -0.143. The fraction of sp³-hybridized carbons (Fsp3) is 0.789. The first-order chi connectivity index (χ1) is 11.6. The number of carbonyl (C=O) groups excluding carboxylic acids is 1. The van der Waals surface area contributed by atoms with Gasteiger partial charge in [0.15, 0.2) is 0 Å². The van der Waals surface area contributed by atoms with Gasteiger partial charge in [0.2, 0.25) is 5.91 Å². The van der Waals surface area contributed by atoms with Crippen molar-refractivity contribution in [1.82, 2.24) is 20.4 Å². The number of aryl methyl sites for hydroxylation is 1. The fourth-order valence-corrected chi connectivity index (χ4v) is 4.92. The molecule has 2 N–H and O–H groups in total. The largest absolute Gasteiger partial charge is 0.352 e. The maximum Gasteiger partial charge on any atom is 0.228 e. The Bertz CT molecular complexity index is 629. The summed E-state index contributed by atoms with van der Waals surface area (Å²) in [5, 5.41) is 11.6. The maximum absolute atomic E-state index is 13.1. The Hall–Kier alpha value is -1.07. The number of nitrogens with zero attached hydrogens (tertiary/aromatic N) is 2. The summed E-state index contributed by atoms with van der Waals surface area (Å²) < 4.78 is 2.06. The highest BCUT2D eigenvalue weighted by Gasteiger charge is 2.50. The van der Waals surface area contributed by atoms with E-state index in [2.05, 4.69) is 35.4 Å². The van der Waals surface area contributed by atoms with Gasteiger partial charge in [-0.1, -0.05) is 12.8 Å². The van der Waals surface area contributed by atoms with Crippen LogP contribution in [0.25, 0.3) is 0 Å². The van der Waals surface area contributed by atoms with Crippen molar-refractivity contribution in [3.63, 3.8) is 0 Å². The van der Waals surface area contributed by atoms with Gasteiger partial charge in [0.25, 0.3) is 0 Å². The first-order valence-corrected chi connectivity index (χ1v) is 9.67. The molecule has 1 saturated heterocycles. The average Bonchev–Trinajstić information content (AvgIpc) is 3.19. The molecule has 3 atom stereocenters. The van der Waals surface area contributed by atoms with Crippen molar-refractivity contribution in [3.05, 3.63) is 17.5 Å². The summed E-state index contributed by atoms with van der Waals surface area (Å²) >= 11 is 0. The molecule has 2 fully saturated rings. The first-order valence-electron chi connectivity index (χ1n) is 9.67. The topological polar surface area (TPSA) is 59.0 Å². The van der Waals surface area contributed by atoms with Gasteiger partial charge in [-0.2, -0.15) is 5.10 Å². The molecule has 1 saturated carbocycles. The van der Waals surface area contributed by atoms with Crippen molar-refractivity contribution in [2.45, 2.75) is 70.9 Å². The third-order valence-corrected chi connectivity index (χ3v) is 6.45. The standard InChI is InChI=1S/C19H30N4O.ClH/c1-13(2)23-11-14-6-7-16(9-17(14)22-23)21-18(24)19-8-4-3-5-15(19)10-20-12-19;/h11,13,15-16,20H,3-10,12H2,1-2H3,(H,21,24);1H/t15-,16?,19+;/m0./s1. The minimum Gasteiger partial charge on any atom is -0.352 e. The number of nitrogens with one attached hydrogen (secondary N) is 2. The van der Waals surface area contributed by atoms with Gasteiger partial charge in [0, 0.05) is 31.2 Å². The number of amides is 1. The van der Waals surface area contributed by atoms with Crippen LogP contribution in [0.5, 0.6) is 0 Å². The molecule has 1 aliphatic heterocycles. The number of aromatic nitrogens is 2. The van der Waals surface area contributed by atoms with Gasteiger partial charge < -0.3 is 10.6 Å². The van der Waals surface area contributed by atoms with E-state index in [1.807, 2.05) is 0 Å². The number of fused-ring (bicyclic) bond motifs is 2. The summed E-state index contributed by atoms with van der Waals surface area (Å²) in [7, 11) is 0. The van der Waals surface area contributed by atoms with Crippen LogP contribution in [0.3, 0.4) is 0 Å². The van der Waals surface area contributed by atoms with E-state index in [1.165, 1.54) is 30.5 Å². The first kappa shape index (κ1) is 18.7. The van der Waals surface area contributed by atoms with Crippen LogP contribution in [0.1, 0.15) is 63.3 Å². The Kier molecular flexibility index (Phi) is 5.45.